The van der Waals surface area contributed by atoms with E-state index >= 15 is 0 Å². The minimum atomic E-state index is -0.154. The van der Waals surface area contributed by atoms with E-state index in [-0.39, 0.29) is 17.9 Å². The molecule has 2 amide bonds. The van der Waals surface area contributed by atoms with Crippen LogP contribution >= 0.6 is 0 Å². The summed E-state index contributed by atoms with van der Waals surface area (Å²) in [7, 11) is 1.59. The highest BCUT2D eigenvalue weighted by Crippen LogP contribution is 2.35. The van der Waals surface area contributed by atoms with Crippen LogP contribution in [0.15, 0.2) is 0 Å². The Morgan fingerprint density at radius 2 is 1.78 bits per heavy atom. The van der Waals surface area contributed by atoms with Gasteiger partial charge in [0.2, 0.25) is 11.8 Å². The topological polar surface area (TPSA) is 49.4 Å². The van der Waals surface area contributed by atoms with Crippen LogP contribution < -0.4 is 5.32 Å². The largest absolute Gasteiger partial charge is 0.303 e. The van der Waals surface area contributed by atoms with Crippen molar-refractivity contribution in [1.82, 2.24) is 10.2 Å². The van der Waals surface area contributed by atoms with E-state index in [2.05, 4.69) is 19.2 Å². The van der Waals surface area contributed by atoms with Crippen LogP contribution in [-0.2, 0) is 9.59 Å². The van der Waals surface area contributed by atoms with E-state index in [4.69, 9.17) is 0 Å². The van der Waals surface area contributed by atoms with E-state index in [9.17, 15) is 9.59 Å². The predicted molar refractivity (Wildman–Crippen MR) is 70.0 cm³/mol. The molecule has 4 nitrogen and oxygen atoms in total. The van der Waals surface area contributed by atoms with Crippen LogP contribution in [0.4, 0.5) is 0 Å². The van der Waals surface area contributed by atoms with Crippen molar-refractivity contribution in [2.45, 2.75) is 64.5 Å². The number of rotatable bonds is 2. The van der Waals surface area contributed by atoms with Gasteiger partial charge in [0.1, 0.15) is 0 Å². The van der Waals surface area contributed by atoms with Crippen LogP contribution in [0.3, 0.4) is 0 Å². The number of amides is 2. The molecule has 2 rings (SSSR count). The molecule has 1 atom stereocenters. The van der Waals surface area contributed by atoms with E-state index in [0.29, 0.717) is 24.3 Å². The molecule has 2 aliphatic rings. The Hall–Kier alpha value is -0.900. The molecule has 1 saturated heterocycles. The van der Waals surface area contributed by atoms with Gasteiger partial charge in [-0.05, 0) is 37.5 Å². The number of carbonyl (C=O) groups excluding carboxylic acids is 2. The highest BCUT2D eigenvalue weighted by atomic mass is 16.2. The molecule has 4 heteroatoms. The minimum absolute atomic E-state index is 0.0529. The summed E-state index contributed by atoms with van der Waals surface area (Å²) in [6, 6.07) is 0.285. The standard InChI is InChI=1S/C14H24N2O2/c1-14(2)8-6-10(7-9-14)15-11-4-5-12(17)16(3)13(11)18/h10-11,15H,4-9H2,1-3H3. The van der Waals surface area contributed by atoms with Gasteiger partial charge in [-0.25, -0.2) is 0 Å². The lowest BCUT2D eigenvalue weighted by Gasteiger charge is -2.37. The number of likely N-dealkylation sites (tertiary alicyclic amines) is 1. The summed E-state index contributed by atoms with van der Waals surface area (Å²) in [5.41, 5.74) is 0.446. The number of nitrogens with zero attached hydrogens (tertiary/aromatic N) is 1. The average molecular weight is 252 g/mol. The molecule has 1 saturated carbocycles. The Kier molecular flexibility index (Phi) is 3.76. The molecule has 1 N–H and O–H groups in total. The molecule has 18 heavy (non-hydrogen) atoms. The summed E-state index contributed by atoms with van der Waals surface area (Å²) < 4.78 is 0. The normalized spacial score (nSPS) is 29.7. The monoisotopic (exact) mass is 252 g/mol. The van der Waals surface area contributed by atoms with Gasteiger partial charge in [0.25, 0.3) is 0 Å². The number of imide groups is 1. The maximum Gasteiger partial charge on any atom is 0.246 e. The lowest BCUT2D eigenvalue weighted by molar-refractivity contribution is -0.148. The van der Waals surface area contributed by atoms with Crippen molar-refractivity contribution >= 4 is 11.8 Å². The molecule has 102 valence electrons. The molecule has 0 bridgehead atoms. The second-order valence-electron chi connectivity index (χ2n) is 6.49. The SMILES string of the molecule is CN1C(=O)CCC(NC2CCC(C)(C)CC2)C1=O. The molecule has 0 aromatic rings. The maximum atomic E-state index is 12.0. The lowest BCUT2D eigenvalue weighted by atomic mass is 9.75. The third-order valence-corrected chi connectivity index (χ3v) is 4.43. The third-order valence-electron chi connectivity index (χ3n) is 4.43. The summed E-state index contributed by atoms with van der Waals surface area (Å²) in [5.74, 6) is -0.112. The van der Waals surface area contributed by atoms with Crippen molar-refractivity contribution in [2.75, 3.05) is 7.05 Å². The summed E-state index contributed by atoms with van der Waals surface area (Å²) in [6.07, 6.45) is 5.82. The van der Waals surface area contributed by atoms with Crippen molar-refractivity contribution in [1.29, 1.82) is 0 Å². The molecule has 1 heterocycles. The fourth-order valence-corrected chi connectivity index (χ4v) is 2.92. The van der Waals surface area contributed by atoms with Gasteiger partial charge in [0, 0.05) is 19.5 Å². The van der Waals surface area contributed by atoms with Gasteiger partial charge >= 0.3 is 0 Å². The molecule has 1 unspecified atom stereocenters. The van der Waals surface area contributed by atoms with Crippen molar-refractivity contribution in [2.24, 2.45) is 5.41 Å². The second-order valence-corrected chi connectivity index (χ2v) is 6.49. The van der Waals surface area contributed by atoms with Crippen LogP contribution in [0.5, 0.6) is 0 Å². The lowest BCUT2D eigenvalue weighted by Crippen LogP contribution is -2.54. The van der Waals surface area contributed by atoms with Gasteiger partial charge in [0.15, 0.2) is 0 Å². The Morgan fingerprint density at radius 1 is 1.17 bits per heavy atom. The van der Waals surface area contributed by atoms with Crippen LogP contribution in [0.1, 0.15) is 52.4 Å². The Labute approximate surface area is 109 Å². The smallest absolute Gasteiger partial charge is 0.246 e. The summed E-state index contributed by atoms with van der Waals surface area (Å²) in [4.78, 5) is 24.7. The van der Waals surface area contributed by atoms with Gasteiger partial charge in [-0.3, -0.25) is 14.5 Å². The van der Waals surface area contributed by atoms with Gasteiger partial charge < -0.3 is 5.32 Å². The third kappa shape index (κ3) is 2.91. The van der Waals surface area contributed by atoms with Crippen molar-refractivity contribution in [3.05, 3.63) is 0 Å². The zero-order valence-electron chi connectivity index (χ0n) is 11.7. The van der Waals surface area contributed by atoms with Crippen molar-refractivity contribution in [3.8, 4) is 0 Å². The van der Waals surface area contributed by atoms with Gasteiger partial charge in [-0.2, -0.15) is 0 Å². The minimum Gasteiger partial charge on any atom is -0.303 e. The van der Waals surface area contributed by atoms with Crippen LogP contribution in [-0.4, -0.2) is 35.8 Å². The molecule has 0 spiro atoms. The van der Waals surface area contributed by atoms with Crippen LogP contribution in [0, 0.1) is 5.41 Å². The number of carbonyl (C=O) groups is 2. The molecule has 0 radical (unpaired) electrons. The number of piperidine rings is 1. The van der Waals surface area contributed by atoms with Crippen molar-refractivity contribution in [3.63, 3.8) is 0 Å². The maximum absolute atomic E-state index is 12.0. The van der Waals surface area contributed by atoms with Crippen LogP contribution in [0.2, 0.25) is 0 Å². The summed E-state index contributed by atoms with van der Waals surface area (Å²) in [5, 5.41) is 3.45. The average Bonchev–Trinajstić information content (AvgIpc) is 2.32. The van der Waals surface area contributed by atoms with Gasteiger partial charge in [-0.15, -0.1) is 0 Å². The zero-order valence-corrected chi connectivity index (χ0v) is 11.7. The van der Waals surface area contributed by atoms with E-state index in [1.165, 1.54) is 17.7 Å². The van der Waals surface area contributed by atoms with E-state index in [1.807, 2.05) is 0 Å². The number of likely N-dealkylation sites (N-methyl/N-ethyl adjacent to an activating group) is 1. The first-order valence-corrected chi connectivity index (χ1v) is 6.95. The molecular weight excluding hydrogens is 228 g/mol. The quantitative estimate of drug-likeness (QED) is 0.761. The summed E-state index contributed by atoms with van der Waals surface area (Å²) >= 11 is 0. The first kappa shape index (κ1) is 13.5. The van der Waals surface area contributed by atoms with E-state index < -0.39 is 0 Å². The number of nitrogens with one attached hydrogen (secondary N) is 1. The highest BCUT2D eigenvalue weighted by Gasteiger charge is 2.34. The molecular formula is C14H24N2O2. The summed E-state index contributed by atoms with van der Waals surface area (Å²) in [6.45, 7) is 4.61. The predicted octanol–water partition coefficient (Wildman–Crippen LogP) is 1.69. The highest BCUT2D eigenvalue weighted by molar-refractivity contribution is 6.00. The van der Waals surface area contributed by atoms with Crippen molar-refractivity contribution < 1.29 is 9.59 Å². The fourth-order valence-electron chi connectivity index (χ4n) is 2.92. The second kappa shape index (κ2) is 5.00. The number of hydrogen-bond donors (Lipinski definition) is 1. The Morgan fingerprint density at radius 3 is 2.39 bits per heavy atom. The van der Waals surface area contributed by atoms with Gasteiger partial charge in [0.05, 0.1) is 6.04 Å². The molecule has 2 fully saturated rings. The molecule has 1 aliphatic heterocycles. The zero-order chi connectivity index (χ0) is 13.3. The van der Waals surface area contributed by atoms with E-state index in [1.54, 1.807) is 7.05 Å². The van der Waals surface area contributed by atoms with Crippen LogP contribution in [0.25, 0.3) is 0 Å². The first-order chi connectivity index (χ1) is 8.39. The van der Waals surface area contributed by atoms with Gasteiger partial charge in [-0.1, -0.05) is 13.8 Å². The Bertz CT molecular complexity index is 342. The molecule has 1 aliphatic carbocycles. The Balaban J connectivity index is 1.87. The number of hydrogen-bond acceptors (Lipinski definition) is 3. The fraction of sp³-hybridized carbons (Fsp3) is 0.857. The first-order valence-electron chi connectivity index (χ1n) is 6.95. The van der Waals surface area contributed by atoms with E-state index in [0.717, 1.165) is 12.8 Å². The molecule has 0 aromatic heterocycles. The molecule has 0 aromatic carbocycles.